The van der Waals surface area contributed by atoms with E-state index in [1.54, 1.807) is 24.8 Å². The lowest BCUT2D eigenvalue weighted by Crippen LogP contribution is -2.68. The van der Waals surface area contributed by atoms with Crippen LogP contribution in [0.15, 0.2) is 49.1 Å². The van der Waals surface area contributed by atoms with E-state index in [0.717, 1.165) is 11.1 Å². The summed E-state index contributed by atoms with van der Waals surface area (Å²) in [5.74, 6) is -28.9. The monoisotopic (exact) mass is 736 g/mol. The van der Waals surface area contributed by atoms with Crippen LogP contribution in [0.2, 0.25) is 0 Å². The van der Waals surface area contributed by atoms with E-state index < -0.39 is 76.7 Å². The second-order valence-electron chi connectivity index (χ2n) is 6.19. The summed E-state index contributed by atoms with van der Waals surface area (Å²) in [6, 6.07) is 7.88. The first-order chi connectivity index (χ1) is 15.2. The summed E-state index contributed by atoms with van der Waals surface area (Å²) in [7, 11) is 0. The number of hydrogen-bond donors (Lipinski definition) is 0. The first-order valence-corrected chi connectivity index (χ1v) is 10.5. The van der Waals surface area contributed by atoms with Gasteiger partial charge < -0.3 is 0 Å². The average Bonchev–Trinajstić information content (AvgIpc) is 2.72. The summed E-state index contributed by atoms with van der Waals surface area (Å²) in [6.45, 7) is 0. The molecule has 0 spiro atoms. The Morgan fingerprint density at radius 2 is 0.706 bits per heavy atom. The quantitative estimate of drug-likeness (QED) is 0.163. The van der Waals surface area contributed by atoms with E-state index in [2.05, 4.69) is 22.1 Å². The van der Waals surface area contributed by atoms with Crippen LogP contribution in [0.4, 0.5) is 52.7 Å². The van der Waals surface area contributed by atoms with Gasteiger partial charge in [0.2, 0.25) is 0 Å². The van der Waals surface area contributed by atoms with Crippen molar-refractivity contribution in [1.29, 1.82) is 0 Å². The summed E-state index contributed by atoms with van der Waals surface area (Å²) in [5, 5.41) is 0. The van der Waals surface area contributed by atoms with Gasteiger partial charge in [-0.15, -0.1) is 0 Å². The minimum absolute atomic E-state index is 0.697. The molecule has 0 saturated carbocycles. The highest BCUT2D eigenvalue weighted by molar-refractivity contribution is 14.1. The van der Waals surface area contributed by atoms with Crippen molar-refractivity contribution < 1.29 is 52.7 Å². The van der Waals surface area contributed by atoms with Crippen LogP contribution in [0.25, 0.3) is 12.2 Å². The highest BCUT2D eigenvalue weighted by atomic mass is 127. The summed E-state index contributed by atoms with van der Waals surface area (Å²) in [6.07, 6.45) is 11.2. The fourth-order valence-corrected chi connectivity index (χ4v) is 2.57. The summed E-state index contributed by atoms with van der Waals surface area (Å²) in [4.78, 5) is 7.91. The van der Waals surface area contributed by atoms with E-state index in [1.165, 1.54) is 0 Å². The first-order valence-electron chi connectivity index (χ1n) is 8.33. The molecule has 2 heterocycles. The van der Waals surface area contributed by atoms with E-state index in [9.17, 15) is 52.7 Å². The summed E-state index contributed by atoms with van der Waals surface area (Å²) < 4.78 is 138. The van der Waals surface area contributed by atoms with Crippen molar-refractivity contribution in [3.63, 3.8) is 0 Å². The van der Waals surface area contributed by atoms with Crippen LogP contribution < -0.4 is 0 Å². The zero-order chi connectivity index (χ0) is 26.6. The molecule has 2 nitrogen and oxygen atoms in total. The fourth-order valence-electron chi connectivity index (χ4n) is 1.89. The molecule has 0 radical (unpaired) electrons. The Kier molecular flexibility index (Phi) is 9.69. The molecule has 16 heteroatoms. The fraction of sp³-hybridized carbons (Fsp3) is 0.333. The average molecular weight is 736 g/mol. The predicted molar refractivity (Wildman–Crippen MR) is 115 cm³/mol. The molecule has 0 aliphatic rings. The Hall–Kier alpha value is -1.34. The lowest BCUT2D eigenvalue weighted by molar-refractivity contribution is -0.401. The molecule has 2 aromatic heterocycles. The van der Waals surface area contributed by atoms with Crippen molar-refractivity contribution in [1.82, 2.24) is 9.97 Å². The molecular formula is C18H10F12I2N2. The van der Waals surface area contributed by atoms with E-state index in [0.29, 0.717) is 0 Å². The third-order valence-corrected chi connectivity index (χ3v) is 5.13. The number of alkyl halides is 14. The maximum atomic E-state index is 12.7. The number of pyridine rings is 2. The van der Waals surface area contributed by atoms with Crippen molar-refractivity contribution in [3.05, 3.63) is 60.2 Å². The van der Waals surface area contributed by atoms with Gasteiger partial charge in [-0.25, -0.2) is 0 Å². The van der Waals surface area contributed by atoms with Crippen molar-refractivity contribution in [2.75, 3.05) is 0 Å². The normalized spacial score (nSPS) is 14.1. The van der Waals surface area contributed by atoms with Crippen LogP contribution in [0.5, 0.6) is 0 Å². The molecule has 2 aromatic rings. The van der Waals surface area contributed by atoms with Gasteiger partial charge >= 0.3 is 31.5 Å². The molecule has 0 aliphatic heterocycles. The lowest BCUT2D eigenvalue weighted by Gasteiger charge is -2.39. The topological polar surface area (TPSA) is 25.8 Å². The zero-order valence-corrected chi connectivity index (χ0v) is 20.3. The Bertz CT molecular complexity index is 865. The van der Waals surface area contributed by atoms with Crippen molar-refractivity contribution >= 4 is 57.3 Å². The molecule has 34 heavy (non-hydrogen) atoms. The number of rotatable bonds is 7. The highest BCUT2D eigenvalue weighted by Gasteiger charge is 2.89. The third-order valence-electron chi connectivity index (χ3n) is 3.78. The highest BCUT2D eigenvalue weighted by Crippen LogP contribution is 2.62. The second kappa shape index (κ2) is 10.7. The van der Waals surface area contributed by atoms with Crippen molar-refractivity contribution in [2.24, 2.45) is 0 Å². The van der Waals surface area contributed by atoms with Crippen LogP contribution in [-0.4, -0.2) is 41.5 Å². The second-order valence-corrected chi connectivity index (χ2v) is 8.90. The van der Waals surface area contributed by atoms with Crippen LogP contribution in [0.1, 0.15) is 11.1 Å². The van der Waals surface area contributed by atoms with Crippen molar-refractivity contribution in [3.8, 4) is 0 Å². The minimum Gasteiger partial charge on any atom is -0.265 e. The van der Waals surface area contributed by atoms with Gasteiger partial charge in [-0.05, 0) is 35.4 Å². The first kappa shape index (κ1) is 30.7. The van der Waals surface area contributed by atoms with Crippen LogP contribution in [-0.2, 0) is 0 Å². The van der Waals surface area contributed by atoms with Crippen LogP contribution in [0.3, 0.4) is 0 Å². The Morgan fingerprint density at radius 1 is 0.471 bits per heavy atom. The zero-order valence-electron chi connectivity index (χ0n) is 16.0. The number of hydrogen-bond acceptors (Lipinski definition) is 2. The lowest BCUT2D eigenvalue weighted by atomic mass is 9.99. The Balaban J connectivity index is 0.000000358. The number of halogens is 14. The van der Waals surface area contributed by atoms with Gasteiger partial charge in [-0.2, -0.15) is 52.7 Å². The van der Waals surface area contributed by atoms with Crippen LogP contribution in [0, 0.1) is 0 Å². The van der Waals surface area contributed by atoms with E-state index in [1.807, 2.05) is 24.3 Å². The number of nitrogens with zero attached hydrogens (tertiary/aromatic N) is 2. The van der Waals surface area contributed by atoms with Gasteiger partial charge in [0, 0.05) is 70.0 Å². The number of aromatic nitrogens is 2. The molecule has 0 saturated heterocycles. The molecular weight excluding hydrogens is 726 g/mol. The largest absolute Gasteiger partial charge is 0.387 e. The molecule has 0 unspecified atom stereocenters. The molecule has 0 aromatic carbocycles. The van der Waals surface area contributed by atoms with E-state index in [4.69, 9.17) is 0 Å². The van der Waals surface area contributed by atoms with E-state index in [-0.39, 0.29) is 0 Å². The van der Waals surface area contributed by atoms with Gasteiger partial charge in [-0.1, -0.05) is 12.2 Å². The standard InChI is InChI=1S/C12H10N2.C6F12I2/c1(11-3-7-13-8-4-11)2-12-5-9-14-10-6-12;7-1(8,3(11,12)5(15,16)19)2(9,10)4(13,14)6(17,18)20/h1-10H;/b2-1+;. The van der Waals surface area contributed by atoms with Crippen molar-refractivity contribution in [2.45, 2.75) is 31.5 Å². The molecule has 2 rings (SSSR count). The Morgan fingerprint density at radius 3 is 0.912 bits per heavy atom. The summed E-state index contributed by atoms with van der Waals surface area (Å²) in [5.41, 5.74) is 2.30. The smallest absolute Gasteiger partial charge is 0.265 e. The van der Waals surface area contributed by atoms with Gasteiger partial charge in [-0.3, -0.25) is 9.97 Å². The Labute approximate surface area is 211 Å². The molecule has 0 bridgehead atoms. The molecule has 0 fully saturated rings. The molecule has 190 valence electrons. The van der Waals surface area contributed by atoms with Gasteiger partial charge in [0.15, 0.2) is 0 Å². The van der Waals surface area contributed by atoms with Crippen LogP contribution >= 0.6 is 45.2 Å². The third kappa shape index (κ3) is 6.45. The maximum Gasteiger partial charge on any atom is 0.387 e. The van der Waals surface area contributed by atoms with Gasteiger partial charge in [0.05, 0.1) is 0 Å². The molecule has 0 N–H and O–H groups in total. The summed E-state index contributed by atoms with van der Waals surface area (Å²) >= 11 is -1.39. The van der Waals surface area contributed by atoms with Gasteiger partial charge in [0.1, 0.15) is 0 Å². The maximum absolute atomic E-state index is 12.7. The minimum atomic E-state index is -7.44. The molecule has 0 atom stereocenters. The SMILES string of the molecule is C(=C\c1ccncc1)/c1ccncc1.FC(F)(I)C(F)(F)C(F)(F)C(F)(F)C(F)(F)C(F)(F)I. The molecule has 0 aliphatic carbocycles. The van der Waals surface area contributed by atoms with Gasteiger partial charge in [0.25, 0.3) is 0 Å². The van der Waals surface area contributed by atoms with E-state index >= 15 is 0 Å². The molecule has 0 amide bonds. The predicted octanol–water partition coefficient (Wildman–Crippen LogP) is 8.23.